The average molecular weight is 547 g/mol. The number of ether oxygens (including phenoxy) is 2. The molecule has 2 aliphatic heterocycles. The minimum absolute atomic E-state index is 0.0532. The fraction of sp³-hybridized carbons (Fsp3) is 0.241. The van der Waals surface area contributed by atoms with E-state index in [-0.39, 0.29) is 30.1 Å². The molecule has 0 saturated heterocycles. The van der Waals surface area contributed by atoms with Gasteiger partial charge in [0.25, 0.3) is 5.91 Å². The molecule has 0 fully saturated rings. The van der Waals surface area contributed by atoms with E-state index in [9.17, 15) is 14.0 Å². The molecule has 3 aromatic carbocycles. The summed E-state index contributed by atoms with van der Waals surface area (Å²) >= 11 is 1.22. The van der Waals surface area contributed by atoms with Crippen molar-refractivity contribution < 1.29 is 23.5 Å². The van der Waals surface area contributed by atoms with Crippen molar-refractivity contribution in [2.24, 2.45) is 10.1 Å². The predicted molar refractivity (Wildman–Crippen MR) is 150 cm³/mol. The fourth-order valence-electron chi connectivity index (χ4n) is 4.45. The Morgan fingerprint density at radius 3 is 2.46 bits per heavy atom. The number of nitrogens with zero attached hydrogens (tertiary/aromatic N) is 3. The number of hydrazone groups is 1. The zero-order valence-electron chi connectivity index (χ0n) is 21.7. The molecule has 3 aromatic rings. The van der Waals surface area contributed by atoms with E-state index in [1.54, 1.807) is 35.3 Å². The Balaban J connectivity index is 1.32. The van der Waals surface area contributed by atoms with Crippen molar-refractivity contribution in [3.05, 3.63) is 89.2 Å². The van der Waals surface area contributed by atoms with Crippen LogP contribution in [0.5, 0.6) is 11.5 Å². The van der Waals surface area contributed by atoms with Gasteiger partial charge in [-0.3, -0.25) is 9.59 Å². The number of amides is 2. The number of anilines is 1. The molecular weight excluding hydrogens is 519 g/mol. The average Bonchev–Trinajstić information content (AvgIpc) is 3.53. The van der Waals surface area contributed by atoms with E-state index in [1.165, 1.54) is 38.1 Å². The largest absolute Gasteiger partial charge is 0.493 e. The molecule has 10 heteroatoms. The Morgan fingerprint density at radius 2 is 1.77 bits per heavy atom. The number of rotatable bonds is 7. The first-order valence-electron chi connectivity index (χ1n) is 12.3. The second-order valence-corrected chi connectivity index (χ2v) is 10.4. The summed E-state index contributed by atoms with van der Waals surface area (Å²) < 4.78 is 24.0. The smallest absolute Gasteiger partial charge is 0.262 e. The molecule has 0 saturated carbocycles. The number of nitrogens with one attached hydrogen (secondary N) is 1. The van der Waals surface area contributed by atoms with E-state index in [0.717, 1.165) is 22.4 Å². The van der Waals surface area contributed by atoms with Crippen LogP contribution in [0.25, 0.3) is 0 Å². The van der Waals surface area contributed by atoms with Gasteiger partial charge in [-0.25, -0.2) is 9.40 Å². The van der Waals surface area contributed by atoms with E-state index in [1.807, 2.05) is 31.2 Å². The maximum Gasteiger partial charge on any atom is 0.262 e. The van der Waals surface area contributed by atoms with Crippen LogP contribution in [0.2, 0.25) is 0 Å². The molecule has 0 unspecified atom stereocenters. The Labute approximate surface area is 229 Å². The van der Waals surface area contributed by atoms with Gasteiger partial charge in [0, 0.05) is 24.6 Å². The third-order valence-corrected chi connectivity index (χ3v) is 7.65. The Hall–Kier alpha value is -4.18. The fourth-order valence-corrected chi connectivity index (χ4v) is 5.51. The van der Waals surface area contributed by atoms with Crippen molar-refractivity contribution >= 4 is 40.1 Å². The van der Waals surface area contributed by atoms with Gasteiger partial charge in [-0.1, -0.05) is 53.7 Å². The van der Waals surface area contributed by atoms with Crippen LogP contribution in [0.4, 0.5) is 10.1 Å². The van der Waals surface area contributed by atoms with Crippen LogP contribution in [0.3, 0.4) is 0 Å². The van der Waals surface area contributed by atoms with Gasteiger partial charge in [0.1, 0.15) is 11.1 Å². The number of benzene rings is 3. The summed E-state index contributed by atoms with van der Waals surface area (Å²) in [6, 6.07) is 19.2. The zero-order valence-corrected chi connectivity index (χ0v) is 22.5. The molecule has 8 nitrogen and oxygen atoms in total. The molecule has 2 amide bonds. The molecule has 5 rings (SSSR count). The minimum atomic E-state index is -0.677. The molecule has 0 aromatic heterocycles. The number of methoxy groups -OCH3 is 2. The van der Waals surface area contributed by atoms with Gasteiger partial charge >= 0.3 is 0 Å². The van der Waals surface area contributed by atoms with Crippen molar-refractivity contribution in [1.82, 2.24) is 5.01 Å². The van der Waals surface area contributed by atoms with Gasteiger partial charge in [0.05, 0.1) is 26.0 Å². The van der Waals surface area contributed by atoms with Crippen molar-refractivity contribution in [1.29, 1.82) is 0 Å². The maximum atomic E-state index is 13.5. The summed E-state index contributed by atoms with van der Waals surface area (Å²) in [5.41, 5.74) is 4.25. The van der Waals surface area contributed by atoms with Gasteiger partial charge in [-0.15, -0.1) is 0 Å². The van der Waals surface area contributed by atoms with Gasteiger partial charge in [-0.2, -0.15) is 10.1 Å². The number of carbonyl (C=O) groups excluding carboxylic acids is 2. The summed E-state index contributed by atoms with van der Waals surface area (Å²) in [5.74, 6) is 0.00417. The molecule has 0 bridgehead atoms. The first kappa shape index (κ1) is 26.4. The Morgan fingerprint density at radius 1 is 1.05 bits per heavy atom. The first-order chi connectivity index (χ1) is 18.8. The van der Waals surface area contributed by atoms with Crippen molar-refractivity contribution in [3.63, 3.8) is 0 Å². The highest BCUT2D eigenvalue weighted by molar-refractivity contribution is 8.15. The molecule has 1 N–H and O–H groups in total. The molecule has 0 spiro atoms. The molecule has 2 atom stereocenters. The van der Waals surface area contributed by atoms with E-state index < -0.39 is 5.25 Å². The molecule has 0 radical (unpaired) electrons. The summed E-state index contributed by atoms with van der Waals surface area (Å²) in [4.78, 5) is 29.9. The van der Waals surface area contributed by atoms with Crippen LogP contribution < -0.4 is 14.8 Å². The van der Waals surface area contributed by atoms with Crippen LogP contribution >= 0.6 is 11.8 Å². The maximum absolute atomic E-state index is 13.5. The normalized spacial score (nSPS) is 18.6. The third-order valence-electron chi connectivity index (χ3n) is 6.51. The van der Waals surface area contributed by atoms with Crippen LogP contribution in [-0.4, -0.2) is 47.2 Å². The number of halogens is 1. The predicted octanol–water partition coefficient (Wildman–Crippen LogP) is 5.33. The highest BCUT2D eigenvalue weighted by Crippen LogP contribution is 2.39. The summed E-state index contributed by atoms with van der Waals surface area (Å²) in [6.07, 6.45) is 0.509. The molecule has 200 valence electrons. The van der Waals surface area contributed by atoms with Crippen molar-refractivity contribution in [2.45, 2.75) is 31.1 Å². The monoisotopic (exact) mass is 546 g/mol. The summed E-state index contributed by atoms with van der Waals surface area (Å²) in [6.45, 7) is 2.02. The van der Waals surface area contributed by atoms with E-state index in [0.29, 0.717) is 28.8 Å². The van der Waals surface area contributed by atoms with E-state index in [2.05, 4.69) is 10.3 Å². The lowest BCUT2D eigenvalue weighted by Crippen LogP contribution is -2.25. The lowest BCUT2D eigenvalue weighted by Gasteiger charge is -2.23. The highest BCUT2D eigenvalue weighted by Gasteiger charge is 2.39. The molecule has 39 heavy (non-hydrogen) atoms. The molecule has 0 aliphatic carbocycles. The topological polar surface area (TPSA) is 92.6 Å². The summed E-state index contributed by atoms with van der Waals surface area (Å²) in [5, 5.41) is 9.12. The molecular formula is C29H27FN4O4S. The van der Waals surface area contributed by atoms with E-state index in [4.69, 9.17) is 14.6 Å². The third kappa shape index (κ3) is 5.80. The lowest BCUT2D eigenvalue weighted by atomic mass is 9.98. The standard InChI is InChI=1S/C29H27FN4O4S/c1-17-4-6-19(7-5-17)23-15-22(18-8-10-20(30)11-9-18)33-34(23)29-32-28(36)26(39-29)16-27(35)31-21-12-13-24(37-2)25(14-21)38-3/h4-14,23,26H,15-16H2,1-3H3,(H,31,35)/t23-,26-/m1/s1. The number of thioether (sulfide) groups is 1. The van der Waals surface area contributed by atoms with Gasteiger partial charge < -0.3 is 14.8 Å². The summed E-state index contributed by atoms with van der Waals surface area (Å²) in [7, 11) is 3.05. The van der Waals surface area contributed by atoms with Gasteiger partial charge in [0.2, 0.25) is 5.91 Å². The quantitative estimate of drug-likeness (QED) is 0.431. The Kier molecular flexibility index (Phi) is 7.65. The number of hydrogen-bond donors (Lipinski definition) is 1. The van der Waals surface area contributed by atoms with Crippen molar-refractivity contribution in [2.75, 3.05) is 19.5 Å². The van der Waals surface area contributed by atoms with E-state index >= 15 is 0 Å². The first-order valence-corrected chi connectivity index (χ1v) is 13.2. The second kappa shape index (κ2) is 11.3. The zero-order chi connectivity index (χ0) is 27.5. The van der Waals surface area contributed by atoms with Crippen LogP contribution in [0.1, 0.15) is 35.6 Å². The lowest BCUT2D eigenvalue weighted by molar-refractivity contribution is -0.121. The van der Waals surface area contributed by atoms with Crippen LogP contribution in [0, 0.1) is 12.7 Å². The SMILES string of the molecule is COc1ccc(NC(=O)C[C@H]2SC(N3N=C(c4ccc(F)cc4)C[C@@H]3c3ccc(C)cc3)=NC2=O)cc1OC. The highest BCUT2D eigenvalue weighted by atomic mass is 32.2. The molecule has 2 aliphatic rings. The van der Waals surface area contributed by atoms with Gasteiger partial charge in [-0.05, 0) is 42.3 Å². The number of aliphatic imine (C=N–C) groups is 1. The number of aryl methyl sites for hydroxylation is 1. The van der Waals surface area contributed by atoms with Gasteiger partial charge in [0.15, 0.2) is 16.7 Å². The van der Waals surface area contributed by atoms with Crippen molar-refractivity contribution in [3.8, 4) is 11.5 Å². The molecule has 2 heterocycles. The number of amidine groups is 1. The minimum Gasteiger partial charge on any atom is -0.493 e. The number of carbonyl (C=O) groups is 2. The Bertz CT molecular complexity index is 1460. The van der Waals surface area contributed by atoms with Crippen LogP contribution in [-0.2, 0) is 9.59 Å². The van der Waals surface area contributed by atoms with Crippen LogP contribution in [0.15, 0.2) is 76.8 Å². The second-order valence-electron chi connectivity index (χ2n) is 9.19. The number of hydrogen-bond acceptors (Lipinski definition) is 7.